The van der Waals surface area contributed by atoms with Gasteiger partial charge in [0.1, 0.15) is 69.7 Å². The fourth-order valence-corrected chi connectivity index (χ4v) is 7.42. The Balaban J connectivity index is -0.000000134. The van der Waals surface area contributed by atoms with Crippen molar-refractivity contribution in [2.24, 2.45) is 30.9 Å². The third kappa shape index (κ3) is 53.2. The number of amidine groups is 5. The van der Waals surface area contributed by atoms with Gasteiger partial charge in [-0.2, -0.15) is 0 Å². The lowest BCUT2D eigenvalue weighted by Gasteiger charge is -2.18. The number of allylic oxidation sites excluding steroid dienone is 4. The van der Waals surface area contributed by atoms with Gasteiger partial charge in [-0.05, 0) is 69.2 Å². The van der Waals surface area contributed by atoms with Gasteiger partial charge in [0, 0.05) is 143 Å². The molecule has 0 aromatic rings. The van der Waals surface area contributed by atoms with Crippen LogP contribution >= 0.6 is 0 Å². The van der Waals surface area contributed by atoms with Gasteiger partial charge in [0.25, 0.3) is 0 Å². The number of amides is 15. The van der Waals surface area contributed by atoms with Crippen LogP contribution in [0, 0.1) is 5.92 Å². The highest BCUT2D eigenvalue weighted by Crippen LogP contribution is 2.12. The molecular weight excluding hydrogens is 1510 g/mol. The van der Waals surface area contributed by atoms with Gasteiger partial charge >= 0.3 is 0 Å². The minimum absolute atomic E-state index is 0. The molecule has 5 heterocycles. The van der Waals surface area contributed by atoms with Gasteiger partial charge in [0.05, 0.1) is 48.5 Å². The fourth-order valence-electron chi connectivity index (χ4n) is 7.42. The zero-order valence-corrected chi connectivity index (χ0v) is 67.0. The zero-order valence-electron chi connectivity index (χ0n) is 67.0. The highest BCUT2D eigenvalue weighted by molar-refractivity contribution is 6.27. The van der Waals surface area contributed by atoms with Crippen molar-refractivity contribution in [2.45, 2.75) is 208 Å². The van der Waals surface area contributed by atoms with Crippen LogP contribution in [0.3, 0.4) is 0 Å². The average molecular weight is 1640 g/mol. The molecule has 0 aromatic heterocycles. The van der Waals surface area contributed by atoms with Gasteiger partial charge in [-0.3, -0.25) is 150 Å². The Bertz CT molecular complexity index is 3300. The van der Waals surface area contributed by atoms with E-state index in [2.05, 4.69) is 51.5 Å². The Kier molecular flexibility index (Phi) is 67.8. The summed E-state index contributed by atoms with van der Waals surface area (Å²) in [6.45, 7) is 28.7. The molecule has 115 heavy (non-hydrogen) atoms. The Morgan fingerprint density at radius 2 is 0.400 bits per heavy atom. The molecule has 5 aliphatic rings. The normalized spacial score (nSPS) is 13.7. The number of rotatable bonds is 11. The highest BCUT2D eigenvalue weighted by atomic mass is 16.3. The molecule has 0 bridgehead atoms. The molecule has 5 aliphatic heterocycles. The van der Waals surface area contributed by atoms with E-state index >= 15 is 0 Å². The first kappa shape index (κ1) is 123. The molecule has 0 radical (unpaired) electrons. The molecule has 40 heteroatoms. The maximum atomic E-state index is 11.1. The number of Topliss-reactive ketones (excluding diaryl/α,β-unsaturated/α-hetero) is 6. The summed E-state index contributed by atoms with van der Waals surface area (Å²) >= 11 is 0. The van der Waals surface area contributed by atoms with Crippen LogP contribution in [0.5, 0.6) is 0 Å². The number of hydrogen-bond donors (Lipinski definition) is 9. The monoisotopic (exact) mass is 1640 g/mol. The number of nitrogens with one attached hydrogen (secondary N) is 5. The minimum atomic E-state index is -0.903. The van der Waals surface area contributed by atoms with Gasteiger partial charge in [0.15, 0.2) is 23.1 Å². The summed E-state index contributed by atoms with van der Waals surface area (Å²) in [5, 5.41) is 49.2. The molecular formula is C75H125N15O25. The van der Waals surface area contributed by atoms with Crippen molar-refractivity contribution in [2.75, 3.05) is 68.0 Å². The van der Waals surface area contributed by atoms with Crippen LogP contribution in [0.1, 0.15) is 208 Å². The molecule has 5 rings (SSSR count). The summed E-state index contributed by atoms with van der Waals surface area (Å²) < 4.78 is 0. The molecule has 0 saturated heterocycles. The number of carbonyl (C=O) groups is 21. The fraction of sp³-hybridized carbons (Fsp3) is 0.547. The molecule has 0 aromatic carbocycles. The quantitative estimate of drug-likeness (QED) is 0.0793. The Morgan fingerprint density at radius 3 is 0.496 bits per heavy atom. The van der Waals surface area contributed by atoms with Crippen LogP contribution in [0.2, 0.25) is 0 Å². The summed E-state index contributed by atoms with van der Waals surface area (Å²) in [6.07, 6.45) is 1.59. The topological polar surface area (TPSA) is 578 Å². The third-order valence-electron chi connectivity index (χ3n) is 14.0. The zero-order chi connectivity index (χ0) is 87.2. The molecule has 0 saturated carbocycles. The summed E-state index contributed by atoms with van der Waals surface area (Å²) in [4.78, 5) is 250. The molecule has 0 unspecified atom stereocenters. The first-order valence-corrected chi connectivity index (χ1v) is 33.0. The summed E-state index contributed by atoms with van der Waals surface area (Å²) in [5.74, 6) is -5.53. The van der Waals surface area contributed by atoms with Crippen LogP contribution in [0.25, 0.3) is 0 Å². The molecule has 0 spiro atoms. The number of hydrogen-bond acceptors (Lipinski definition) is 30. The minimum Gasteiger partial charge on any atom is -0.512 e. The standard InChI is InChI=1S/5C9H12N2O3.5C5H9NO2.5CH4/c5*1-5(12)8(6(2)13)9-10-4-3-7(14)11-9;5*1-4(7)6(3)5(2)8;;;;;/h4*12H,3-4H2,1-2H3,(H,10,11,14);8H,3-4H2,1-2H3,(H,10,11,14);5*1-3H3;5*1H4/b3*8-5-;;;;;;;;;;;;. The number of carbonyl (C=O) groups excluding carboxylic acids is 21. The number of imide groups is 5. The first-order valence-electron chi connectivity index (χ1n) is 33.0. The van der Waals surface area contributed by atoms with Crippen molar-refractivity contribution in [3.05, 3.63) is 45.3 Å². The predicted octanol–water partition coefficient (Wildman–Crippen LogP) is 4.24. The average Bonchev–Trinajstić information content (AvgIpc) is 0.877. The molecule has 650 valence electrons. The van der Waals surface area contributed by atoms with Crippen LogP contribution in [-0.4, -0.2) is 265 Å². The second-order valence-electron chi connectivity index (χ2n) is 23.4. The Morgan fingerprint density at radius 1 is 0.261 bits per heavy atom. The molecule has 0 atom stereocenters. The summed E-state index contributed by atoms with van der Waals surface area (Å²) in [5.41, 5.74) is 0.326. The highest BCUT2D eigenvalue weighted by Gasteiger charge is 2.29. The number of aliphatic hydroxyl groups excluding tert-OH is 4. The van der Waals surface area contributed by atoms with E-state index < -0.39 is 5.92 Å². The van der Waals surface area contributed by atoms with E-state index in [9.17, 15) is 121 Å². The van der Waals surface area contributed by atoms with E-state index in [-0.39, 0.29) is 235 Å². The number of ketones is 6. The van der Waals surface area contributed by atoms with E-state index in [1.165, 1.54) is 174 Å². The number of aliphatic imine (C=N–C) groups is 5. The van der Waals surface area contributed by atoms with Crippen molar-refractivity contribution in [3.8, 4) is 0 Å². The lowest BCUT2D eigenvalue weighted by Crippen LogP contribution is -2.44. The van der Waals surface area contributed by atoms with E-state index in [0.29, 0.717) is 64.8 Å². The smallest absolute Gasteiger partial charge is 0.227 e. The van der Waals surface area contributed by atoms with Crippen molar-refractivity contribution in [1.82, 2.24) is 51.1 Å². The van der Waals surface area contributed by atoms with Crippen molar-refractivity contribution >= 4 is 152 Å². The third-order valence-corrected chi connectivity index (χ3v) is 14.0. The Labute approximate surface area is 674 Å². The van der Waals surface area contributed by atoms with Gasteiger partial charge in [-0.15, -0.1) is 0 Å². The summed E-state index contributed by atoms with van der Waals surface area (Å²) in [6, 6.07) is 0. The second-order valence-corrected chi connectivity index (χ2v) is 23.4. The molecule has 0 aliphatic carbocycles. The molecule has 9 N–H and O–H groups in total. The molecule has 0 fully saturated rings. The van der Waals surface area contributed by atoms with Crippen LogP contribution in [0.15, 0.2) is 70.3 Å². The number of nitrogens with zero attached hydrogens (tertiary/aromatic N) is 10. The van der Waals surface area contributed by atoms with E-state index in [0.717, 1.165) is 24.5 Å². The lowest BCUT2D eigenvalue weighted by atomic mass is 9.98. The second kappa shape index (κ2) is 63.1. The van der Waals surface area contributed by atoms with Crippen molar-refractivity contribution in [3.63, 3.8) is 0 Å². The van der Waals surface area contributed by atoms with Crippen LogP contribution in [-0.2, 0) is 101 Å². The van der Waals surface area contributed by atoms with E-state index in [1.54, 1.807) is 0 Å². The number of aliphatic hydroxyl groups is 4. The largest absolute Gasteiger partial charge is 0.512 e. The Hall–Kier alpha value is -12.4. The van der Waals surface area contributed by atoms with Gasteiger partial charge in [-0.1, -0.05) is 37.1 Å². The van der Waals surface area contributed by atoms with E-state index in [4.69, 9.17) is 0 Å². The maximum absolute atomic E-state index is 11.1. The maximum Gasteiger partial charge on any atom is 0.227 e. The lowest BCUT2D eigenvalue weighted by molar-refractivity contribution is -0.141. The van der Waals surface area contributed by atoms with Gasteiger partial charge in [-0.25, -0.2) is 0 Å². The van der Waals surface area contributed by atoms with E-state index in [1.807, 2.05) is 0 Å². The van der Waals surface area contributed by atoms with Gasteiger partial charge in [0.2, 0.25) is 88.6 Å². The van der Waals surface area contributed by atoms with Crippen molar-refractivity contribution < 1.29 is 121 Å². The first-order chi connectivity index (χ1) is 50.4. The molecule has 40 nitrogen and oxygen atoms in total. The predicted molar refractivity (Wildman–Crippen MR) is 433 cm³/mol. The van der Waals surface area contributed by atoms with Crippen LogP contribution in [0.4, 0.5) is 0 Å². The SMILES string of the molecule is C.C.C.C.C.CC(=O)/C(C1=NCCC(=O)N1)=C(\C)O.CC(=O)/C(C1=NCCC(=O)N1)=C(\C)O.CC(=O)/C(C1=NCCC(=O)N1)=C(\C)O.CC(=O)C(C(C)=O)C1=NCCC(=O)N1.CC(=O)C(C1=NCCC(=O)N1)=C(C)O.CC(=O)N(C)C(C)=O.CC(=O)N(C)C(C)=O.CC(=O)N(C)C(C)=O.CC(=O)N(C)C(C)=O.CC(=O)N(C)C(C)=O. The van der Waals surface area contributed by atoms with Crippen LogP contribution < -0.4 is 26.6 Å². The van der Waals surface area contributed by atoms with Crippen molar-refractivity contribution in [1.29, 1.82) is 0 Å². The molecule has 15 amide bonds. The summed E-state index contributed by atoms with van der Waals surface area (Å²) in [7, 11) is 7.25. The van der Waals surface area contributed by atoms with Gasteiger partial charge < -0.3 is 47.0 Å².